The summed E-state index contributed by atoms with van der Waals surface area (Å²) in [6.45, 7) is 1.67. The molecule has 0 N–H and O–H groups in total. The largest absolute Gasteiger partial charge is 0.481 e. The molecule has 0 aromatic heterocycles. The first-order chi connectivity index (χ1) is 9.58. The van der Waals surface area contributed by atoms with Gasteiger partial charge in [-0.15, -0.1) is 0 Å². The van der Waals surface area contributed by atoms with Gasteiger partial charge < -0.3 is 9.64 Å². The highest BCUT2D eigenvalue weighted by atomic mass is 19.1. The molecule has 0 bridgehead atoms. The lowest BCUT2D eigenvalue weighted by Gasteiger charge is -2.22. The smallest absolute Gasteiger partial charge is 0.267 e. The molecule has 0 fully saturated rings. The molecular weight excluding hydrogens is 257 g/mol. The SMILES string of the molecule is C[C@@H](Oc1ccc(F)cc1)C(=O)N(C)c1ccccc1. The van der Waals surface area contributed by atoms with Gasteiger partial charge in [-0.1, -0.05) is 18.2 Å². The second-order valence-electron chi connectivity index (χ2n) is 4.45. The maximum atomic E-state index is 12.8. The van der Waals surface area contributed by atoms with Crippen molar-refractivity contribution in [1.82, 2.24) is 0 Å². The van der Waals surface area contributed by atoms with E-state index in [1.807, 2.05) is 30.3 Å². The highest BCUT2D eigenvalue weighted by Crippen LogP contribution is 2.16. The van der Waals surface area contributed by atoms with Crippen molar-refractivity contribution >= 4 is 11.6 Å². The quantitative estimate of drug-likeness (QED) is 0.855. The fraction of sp³-hybridized carbons (Fsp3) is 0.188. The summed E-state index contributed by atoms with van der Waals surface area (Å²) in [7, 11) is 1.70. The number of carbonyl (C=O) groups excluding carboxylic acids is 1. The summed E-state index contributed by atoms with van der Waals surface area (Å²) in [5.41, 5.74) is 0.798. The van der Waals surface area contributed by atoms with Crippen molar-refractivity contribution in [2.45, 2.75) is 13.0 Å². The van der Waals surface area contributed by atoms with Crippen molar-refractivity contribution in [3.05, 3.63) is 60.4 Å². The van der Waals surface area contributed by atoms with Crippen LogP contribution in [0.1, 0.15) is 6.92 Å². The molecule has 0 aliphatic heterocycles. The summed E-state index contributed by atoms with van der Waals surface area (Å²) in [6.07, 6.45) is -0.648. The van der Waals surface area contributed by atoms with Crippen LogP contribution >= 0.6 is 0 Å². The number of likely N-dealkylation sites (N-methyl/N-ethyl adjacent to an activating group) is 1. The van der Waals surface area contributed by atoms with E-state index in [0.717, 1.165) is 5.69 Å². The van der Waals surface area contributed by atoms with Gasteiger partial charge in [0.15, 0.2) is 6.10 Å². The van der Waals surface area contributed by atoms with Crippen molar-refractivity contribution in [1.29, 1.82) is 0 Å². The Balaban J connectivity index is 2.03. The third-order valence-corrected chi connectivity index (χ3v) is 2.95. The van der Waals surface area contributed by atoms with Gasteiger partial charge >= 0.3 is 0 Å². The van der Waals surface area contributed by atoms with Gasteiger partial charge in [0.2, 0.25) is 0 Å². The molecule has 0 saturated heterocycles. The fourth-order valence-corrected chi connectivity index (χ4v) is 1.82. The molecule has 0 radical (unpaired) electrons. The van der Waals surface area contributed by atoms with Gasteiger partial charge in [0.1, 0.15) is 11.6 Å². The number of amides is 1. The Morgan fingerprint density at radius 2 is 1.70 bits per heavy atom. The predicted molar refractivity (Wildman–Crippen MR) is 76.3 cm³/mol. The number of halogens is 1. The third-order valence-electron chi connectivity index (χ3n) is 2.95. The molecule has 1 amide bonds. The summed E-state index contributed by atoms with van der Waals surface area (Å²) >= 11 is 0. The first-order valence-electron chi connectivity index (χ1n) is 6.33. The number of benzene rings is 2. The lowest BCUT2D eigenvalue weighted by molar-refractivity contribution is -0.124. The average Bonchev–Trinajstić information content (AvgIpc) is 2.49. The standard InChI is InChI=1S/C16H16FNO2/c1-12(20-15-10-8-13(17)9-11-15)16(19)18(2)14-6-4-3-5-7-14/h3-12H,1-2H3/t12-/m1/s1. The second kappa shape index (κ2) is 6.19. The van der Waals surface area contributed by atoms with Gasteiger partial charge in [0.05, 0.1) is 0 Å². The van der Waals surface area contributed by atoms with Crippen molar-refractivity contribution in [2.75, 3.05) is 11.9 Å². The number of carbonyl (C=O) groups is 1. The first-order valence-corrected chi connectivity index (χ1v) is 6.33. The van der Waals surface area contributed by atoms with Gasteiger partial charge in [-0.3, -0.25) is 4.79 Å². The molecule has 0 aliphatic carbocycles. The second-order valence-corrected chi connectivity index (χ2v) is 4.45. The molecule has 2 aromatic rings. The summed E-state index contributed by atoms with van der Waals surface area (Å²) in [4.78, 5) is 13.8. The molecule has 0 heterocycles. The van der Waals surface area contributed by atoms with Crippen LogP contribution in [0, 0.1) is 5.82 Å². The number of hydrogen-bond donors (Lipinski definition) is 0. The zero-order valence-corrected chi connectivity index (χ0v) is 11.4. The fourth-order valence-electron chi connectivity index (χ4n) is 1.82. The minimum Gasteiger partial charge on any atom is -0.481 e. The molecule has 4 heteroatoms. The predicted octanol–water partition coefficient (Wildman–Crippen LogP) is 3.26. The summed E-state index contributed by atoms with van der Waals surface area (Å²) in [5.74, 6) is -0.0352. The van der Waals surface area contributed by atoms with Crippen LogP contribution in [-0.2, 0) is 4.79 Å². The monoisotopic (exact) mass is 273 g/mol. The van der Waals surface area contributed by atoms with Crippen LogP contribution < -0.4 is 9.64 Å². The zero-order valence-electron chi connectivity index (χ0n) is 11.4. The van der Waals surface area contributed by atoms with Crippen molar-refractivity contribution in [3.8, 4) is 5.75 Å². The topological polar surface area (TPSA) is 29.5 Å². The van der Waals surface area contributed by atoms with E-state index < -0.39 is 6.10 Å². The Labute approximate surface area is 117 Å². The maximum Gasteiger partial charge on any atom is 0.267 e. The van der Waals surface area contributed by atoms with Crippen LogP contribution in [-0.4, -0.2) is 19.1 Å². The minimum atomic E-state index is -0.648. The number of anilines is 1. The summed E-state index contributed by atoms with van der Waals surface area (Å²) in [5, 5.41) is 0. The zero-order chi connectivity index (χ0) is 14.5. The van der Waals surface area contributed by atoms with Gasteiger partial charge in [0, 0.05) is 12.7 Å². The molecule has 2 aromatic carbocycles. The van der Waals surface area contributed by atoms with E-state index in [2.05, 4.69) is 0 Å². The number of ether oxygens (including phenoxy) is 1. The van der Waals surface area contributed by atoms with E-state index in [0.29, 0.717) is 5.75 Å². The van der Waals surface area contributed by atoms with E-state index in [1.165, 1.54) is 29.2 Å². The van der Waals surface area contributed by atoms with Crippen molar-refractivity contribution in [2.24, 2.45) is 0 Å². The van der Waals surface area contributed by atoms with Crippen molar-refractivity contribution < 1.29 is 13.9 Å². The van der Waals surface area contributed by atoms with Crippen LogP contribution in [0.5, 0.6) is 5.75 Å². The van der Waals surface area contributed by atoms with Gasteiger partial charge in [-0.2, -0.15) is 0 Å². The molecule has 3 nitrogen and oxygen atoms in total. The number of rotatable bonds is 4. The van der Waals surface area contributed by atoms with E-state index in [9.17, 15) is 9.18 Å². The highest BCUT2D eigenvalue weighted by Gasteiger charge is 2.20. The summed E-state index contributed by atoms with van der Waals surface area (Å²) in [6, 6.07) is 14.9. The van der Waals surface area contributed by atoms with Crippen LogP contribution in [0.25, 0.3) is 0 Å². The van der Waals surface area contributed by atoms with Gasteiger partial charge in [0.25, 0.3) is 5.91 Å². The molecule has 0 aliphatic rings. The molecule has 1 atom stereocenters. The van der Waals surface area contributed by atoms with Crippen LogP contribution in [0.3, 0.4) is 0 Å². The Hall–Kier alpha value is -2.36. The normalized spacial score (nSPS) is 11.8. The number of para-hydroxylation sites is 1. The first kappa shape index (κ1) is 14.1. The minimum absolute atomic E-state index is 0.166. The molecular formula is C16H16FNO2. The molecule has 0 saturated carbocycles. The van der Waals surface area contributed by atoms with Crippen LogP contribution in [0.4, 0.5) is 10.1 Å². The summed E-state index contributed by atoms with van der Waals surface area (Å²) < 4.78 is 18.3. The molecule has 20 heavy (non-hydrogen) atoms. The molecule has 104 valence electrons. The van der Waals surface area contributed by atoms with E-state index in [1.54, 1.807) is 14.0 Å². The molecule has 0 unspecified atom stereocenters. The number of nitrogens with zero attached hydrogens (tertiary/aromatic N) is 1. The lowest BCUT2D eigenvalue weighted by Crippen LogP contribution is -2.37. The highest BCUT2D eigenvalue weighted by molar-refractivity contribution is 5.95. The van der Waals surface area contributed by atoms with E-state index >= 15 is 0 Å². The Morgan fingerprint density at radius 1 is 1.10 bits per heavy atom. The van der Waals surface area contributed by atoms with E-state index in [-0.39, 0.29) is 11.7 Å². The Kier molecular flexibility index (Phi) is 4.35. The Bertz CT molecular complexity index is 569. The third kappa shape index (κ3) is 3.35. The van der Waals surface area contributed by atoms with Crippen molar-refractivity contribution in [3.63, 3.8) is 0 Å². The Morgan fingerprint density at radius 3 is 2.30 bits per heavy atom. The van der Waals surface area contributed by atoms with E-state index in [4.69, 9.17) is 4.74 Å². The molecule has 0 spiro atoms. The van der Waals surface area contributed by atoms with Crippen LogP contribution in [0.2, 0.25) is 0 Å². The van der Waals surface area contributed by atoms with Gasteiger partial charge in [-0.05, 0) is 43.3 Å². The van der Waals surface area contributed by atoms with Crippen LogP contribution in [0.15, 0.2) is 54.6 Å². The number of hydrogen-bond acceptors (Lipinski definition) is 2. The molecule has 2 rings (SSSR count). The maximum absolute atomic E-state index is 12.8. The average molecular weight is 273 g/mol. The lowest BCUT2D eigenvalue weighted by atomic mass is 10.2. The van der Waals surface area contributed by atoms with Gasteiger partial charge in [-0.25, -0.2) is 4.39 Å².